The van der Waals surface area contributed by atoms with Crippen LogP contribution in [0.1, 0.15) is 37.8 Å². The molecule has 1 aromatic carbocycles. The summed E-state index contributed by atoms with van der Waals surface area (Å²) in [6.07, 6.45) is 5.37. The van der Waals surface area contributed by atoms with Crippen molar-refractivity contribution in [1.82, 2.24) is 19.6 Å². The number of carbonyl (C=O) groups is 3. The molecule has 2 atom stereocenters. The van der Waals surface area contributed by atoms with Crippen LogP contribution in [0.2, 0.25) is 0 Å². The maximum absolute atomic E-state index is 13.4. The highest BCUT2D eigenvalue weighted by Gasteiger charge is 2.32. The SMILES string of the molecule is CC(=O)N(CC(=O)O)C1CCCN(C(=O)C(c2ccccc2)n2cccn2)CC1. The zero-order chi connectivity index (χ0) is 20.8. The number of rotatable bonds is 6. The van der Waals surface area contributed by atoms with E-state index < -0.39 is 12.0 Å². The third-order valence-corrected chi connectivity index (χ3v) is 5.30. The van der Waals surface area contributed by atoms with Gasteiger partial charge in [0.25, 0.3) is 5.91 Å². The van der Waals surface area contributed by atoms with Gasteiger partial charge in [0.2, 0.25) is 5.91 Å². The van der Waals surface area contributed by atoms with Crippen LogP contribution in [0.15, 0.2) is 48.8 Å². The van der Waals surface area contributed by atoms with Gasteiger partial charge in [-0.15, -0.1) is 0 Å². The minimum absolute atomic E-state index is 0.0480. The predicted octanol–water partition coefficient (Wildman–Crippen LogP) is 1.79. The second-order valence-corrected chi connectivity index (χ2v) is 7.25. The molecule has 0 saturated carbocycles. The molecule has 0 spiro atoms. The molecule has 1 N–H and O–H groups in total. The topological polar surface area (TPSA) is 95.7 Å². The van der Waals surface area contributed by atoms with Crippen molar-refractivity contribution in [2.75, 3.05) is 19.6 Å². The minimum Gasteiger partial charge on any atom is -0.480 e. The Morgan fingerprint density at radius 3 is 2.55 bits per heavy atom. The molecular weight excluding hydrogens is 372 g/mol. The molecule has 0 radical (unpaired) electrons. The molecule has 8 nitrogen and oxygen atoms in total. The van der Waals surface area contributed by atoms with Crippen LogP contribution < -0.4 is 0 Å². The number of nitrogens with zero attached hydrogens (tertiary/aromatic N) is 4. The molecule has 29 heavy (non-hydrogen) atoms. The van der Waals surface area contributed by atoms with Gasteiger partial charge in [-0.25, -0.2) is 0 Å². The maximum atomic E-state index is 13.4. The van der Waals surface area contributed by atoms with Gasteiger partial charge in [0, 0.05) is 38.4 Å². The number of amides is 2. The summed E-state index contributed by atoms with van der Waals surface area (Å²) >= 11 is 0. The summed E-state index contributed by atoms with van der Waals surface area (Å²) in [5.74, 6) is -1.33. The van der Waals surface area contributed by atoms with Crippen molar-refractivity contribution >= 4 is 17.8 Å². The van der Waals surface area contributed by atoms with Gasteiger partial charge in [-0.1, -0.05) is 30.3 Å². The highest BCUT2D eigenvalue weighted by molar-refractivity contribution is 5.83. The lowest BCUT2D eigenvalue weighted by Crippen LogP contribution is -2.43. The van der Waals surface area contributed by atoms with Crippen LogP contribution in [0, 0.1) is 0 Å². The van der Waals surface area contributed by atoms with Crippen LogP contribution in [0.5, 0.6) is 0 Å². The van der Waals surface area contributed by atoms with Gasteiger partial charge in [0.05, 0.1) is 0 Å². The smallest absolute Gasteiger partial charge is 0.323 e. The lowest BCUT2D eigenvalue weighted by atomic mass is 10.1. The van der Waals surface area contributed by atoms with Gasteiger partial charge in [-0.3, -0.25) is 19.1 Å². The van der Waals surface area contributed by atoms with Crippen LogP contribution in [0.25, 0.3) is 0 Å². The fourth-order valence-electron chi connectivity index (χ4n) is 3.90. The number of benzene rings is 1. The highest BCUT2D eigenvalue weighted by atomic mass is 16.4. The van der Waals surface area contributed by atoms with E-state index in [1.807, 2.05) is 30.3 Å². The number of likely N-dealkylation sites (tertiary alicyclic amines) is 1. The Bertz CT molecular complexity index is 838. The zero-order valence-corrected chi connectivity index (χ0v) is 16.5. The lowest BCUT2D eigenvalue weighted by molar-refractivity contribution is -0.145. The zero-order valence-electron chi connectivity index (χ0n) is 16.5. The van der Waals surface area contributed by atoms with E-state index in [4.69, 9.17) is 5.11 Å². The number of carboxylic acid groups (broad SMARTS) is 1. The third kappa shape index (κ3) is 5.01. The Morgan fingerprint density at radius 1 is 1.17 bits per heavy atom. The summed E-state index contributed by atoms with van der Waals surface area (Å²) in [6, 6.07) is 10.6. The largest absolute Gasteiger partial charge is 0.480 e. The number of hydrogen-bond acceptors (Lipinski definition) is 4. The average Bonchev–Trinajstić information content (AvgIpc) is 3.10. The molecule has 2 amide bonds. The molecule has 1 aromatic heterocycles. The van der Waals surface area contributed by atoms with Gasteiger partial charge < -0.3 is 14.9 Å². The first kappa shape index (κ1) is 20.6. The standard InChI is InChI=1S/C21H26N4O4/c1-16(26)24(15-19(27)28)18-9-5-12-23(14-10-18)21(29)20(25-13-6-11-22-25)17-7-3-2-4-8-17/h2-4,6-8,11,13,18,20H,5,9-10,12,14-15H2,1H3,(H,27,28). The Balaban J connectivity index is 1.77. The fourth-order valence-corrected chi connectivity index (χ4v) is 3.90. The molecule has 2 heterocycles. The van der Waals surface area contributed by atoms with Crippen molar-refractivity contribution < 1.29 is 19.5 Å². The van der Waals surface area contributed by atoms with Crippen molar-refractivity contribution in [2.24, 2.45) is 0 Å². The lowest BCUT2D eigenvalue weighted by Gasteiger charge is -2.29. The van der Waals surface area contributed by atoms with E-state index in [1.165, 1.54) is 11.8 Å². The summed E-state index contributed by atoms with van der Waals surface area (Å²) < 4.78 is 1.66. The van der Waals surface area contributed by atoms with Crippen molar-refractivity contribution in [3.05, 3.63) is 54.4 Å². The van der Waals surface area contributed by atoms with Gasteiger partial charge >= 0.3 is 5.97 Å². The van der Waals surface area contributed by atoms with E-state index in [2.05, 4.69) is 5.10 Å². The average molecular weight is 398 g/mol. The third-order valence-electron chi connectivity index (χ3n) is 5.30. The summed E-state index contributed by atoms with van der Waals surface area (Å²) in [6.45, 7) is 2.12. The van der Waals surface area contributed by atoms with Crippen LogP contribution >= 0.6 is 0 Å². The molecule has 154 valence electrons. The molecule has 8 heteroatoms. The molecule has 1 aliphatic rings. The van der Waals surface area contributed by atoms with Crippen molar-refractivity contribution in [1.29, 1.82) is 0 Å². The first-order valence-corrected chi connectivity index (χ1v) is 9.79. The van der Waals surface area contributed by atoms with Gasteiger partial charge in [0.15, 0.2) is 6.04 Å². The van der Waals surface area contributed by atoms with Gasteiger partial charge in [-0.05, 0) is 30.9 Å². The summed E-state index contributed by atoms with van der Waals surface area (Å²) in [7, 11) is 0. The Labute approximate surface area is 169 Å². The molecule has 3 rings (SSSR count). The monoisotopic (exact) mass is 398 g/mol. The number of carbonyl (C=O) groups excluding carboxylic acids is 2. The fraction of sp³-hybridized carbons (Fsp3) is 0.429. The number of carboxylic acids is 1. The molecule has 0 aliphatic carbocycles. The van der Waals surface area contributed by atoms with Crippen molar-refractivity contribution in [3.63, 3.8) is 0 Å². The van der Waals surface area contributed by atoms with Gasteiger partial charge in [0.1, 0.15) is 6.54 Å². The van der Waals surface area contributed by atoms with Crippen LogP contribution in [-0.2, 0) is 14.4 Å². The first-order valence-electron chi connectivity index (χ1n) is 9.79. The maximum Gasteiger partial charge on any atom is 0.323 e. The van der Waals surface area contributed by atoms with E-state index in [0.29, 0.717) is 32.4 Å². The van der Waals surface area contributed by atoms with Crippen molar-refractivity contribution in [3.8, 4) is 0 Å². The molecule has 1 saturated heterocycles. The molecule has 1 fully saturated rings. The van der Waals surface area contributed by atoms with Gasteiger partial charge in [-0.2, -0.15) is 5.10 Å². The van der Waals surface area contributed by atoms with E-state index >= 15 is 0 Å². The normalized spacial score (nSPS) is 18.0. The second-order valence-electron chi connectivity index (χ2n) is 7.25. The molecule has 2 unspecified atom stereocenters. The molecule has 2 aromatic rings. The minimum atomic E-state index is -1.03. The number of hydrogen-bond donors (Lipinski definition) is 1. The van der Waals surface area contributed by atoms with Crippen LogP contribution in [0.3, 0.4) is 0 Å². The van der Waals surface area contributed by atoms with Crippen LogP contribution in [-0.4, -0.2) is 68.1 Å². The highest BCUT2D eigenvalue weighted by Crippen LogP contribution is 2.24. The summed E-state index contributed by atoms with van der Waals surface area (Å²) in [4.78, 5) is 39.7. The Morgan fingerprint density at radius 2 is 1.93 bits per heavy atom. The second kappa shape index (κ2) is 9.36. The molecular formula is C21H26N4O4. The number of aromatic nitrogens is 2. The predicted molar refractivity (Wildman–Crippen MR) is 106 cm³/mol. The van der Waals surface area contributed by atoms with E-state index in [-0.39, 0.29) is 24.4 Å². The Kier molecular flexibility index (Phi) is 6.64. The van der Waals surface area contributed by atoms with E-state index in [0.717, 1.165) is 5.56 Å². The Hall–Kier alpha value is -3.16. The van der Waals surface area contributed by atoms with E-state index in [1.54, 1.807) is 28.0 Å². The van der Waals surface area contributed by atoms with E-state index in [9.17, 15) is 14.4 Å². The number of aliphatic carboxylic acids is 1. The van der Waals surface area contributed by atoms with Crippen molar-refractivity contribution in [2.45, 2.75) is 38.3 Å². The quantitative estimate of drug-likeness (QED) is 0.800. The molecule has 0 bridgehead atoms. The molecule has 1 aliphatic heterocycles. The summed E-state index contributed by atoms with van der Waals surface area (Å²) in [5, 5.41) is 13.4. The summed E-state index contributed by atoms with van der Waals surface area (Å²) in [5.41, 5.74) is 0.859. The first-order chi connectivity index (χ1) is 14.0. The van der Waals surface area contributed by atoms with Crippen LogP contribution in [0.4, 0.5) is 0 Å².